The van der Waals surface area contributed by atoms with Gasteiger partial charge >= 0.3 is 0 Å². The van der Waals surface area contributed by atoms with Gasteiger partial charge < -0.3 is 4.55 Å². The van der Waals surface area contributed by atoms with E-state index in [0.29, 0.717) is 6.42 Å². The second-order valence-corrected chi connectivity index (χ2v) is 6.41. The van der Waals surface area contributed by atoms with Crippen LogP contribution in [-0.2, 0) is 17.8 Å². The summed E-state index contributed by atoms with van der Waals surface area (Å²) < 4.78 is 27.8. The fourth-order valence-corrected chi connectivity index (χ4v) is 1.52. The third-order valence-electron chi connectivity index (χ3n) is 1.93. The highest BCUT2D eigenvalue weighted by molar-refractivity contribution is 7.91. The van der Waals surface area contributed by atoms with Crippen molar-refractivity contribution in [1.82, 2.24) is 0 Å². The maximum absolute atomic E-state index is 12.6. The van der Waals surface area contributed by atoms with E-state index in [2.05, 4.69) is 4.40 Å². The molecule has 0 aromatic heterocycles. The van der Waals surface area contributed by atoms with Crippen LogP contribution in [-0.4, -0.2) is 15.5 Å². The first-order chi connectivity index (χ1) is 7.39. The number of rotatable bonds is 3. The summed E-state index contributed by atoms with van der Waals surface area (Å²) in [5.41, 5.74) is 0.955. The van der Waals surface area contributed by atoms with E-state index in [4.69, 9.17) is 0 Å². The molecule has 0 N–H and O–H groups in total. The zero-order valence-corrected chi connectivity index (χ0v) is 10.6. The van der Waals surface area contributed by atoms with Gasteiger partial charge in [-0.2, -0.15) is 0 Å². The highest BCUT2D eigenvalue weighted by Crippen LogP contribution is 2.16. The lowest BCUT2D eigenvalue weighted by Crippen LogP contribution is -2.25. The fraction of sp³-hybridized carbons (Fsp3) is 0.417. The summed E-state index contributed by atoms with van der Waals surface area (Å²) in [7, 11) is 0. The van der Waals surface area contributed by atoms with Crippen LogP contribution in [0.15, 0.2) is 28.7 Å². The Morgan fingerprint density at radius 1 is 1.31 bits per heavy atom. The molecule has 0 spiro atoms. The van der Waals surface area contributed by atoms with Crippen molar-refractivity contribution in [3.8, 4) is 0 Å². The topological polar surface area (TPSA) is 35.4 Å². The molecule has 0 unspecified atom stereocenters. The number of hydrogen-bond donors (Lipinski definition) is 0. The Morgan fingerprint density at radius 2 is 1.88 bits per heavy atom. The van der Waals surface area contributed by atoms with Gasteiger partial charge in [-0.3, -0.25) is 0 Å². The van der Waals surface area contributed by atoms with E-state index in [9.17, 15) is 8.94 Å². The molecule has 1 aromatic carbocycles. The minimum absolute atomic E-state index is 0.251. The van der Waals surface area contributed by atoms with Crippen LogP contribution < -0.4 is 0 Å². The third-order valence-corrected chi connectivity index (χ3v) is 3.32. The summed E-state index contributed by atoms with van der Waals surface area (Å²) in [6.07, 6.45) is 2.19. The summed E-state index contributed by atoms with van der Waals surface area (Å²) in [6, 6.07) is 6.20. The number of hydrogen-bond acceptors (Lipinski definition) is 2. The molecule has 2 nitrogen and oxygen atoms in total. The second-order valence-electron chi connectivity index (χ2n) is 4.48. The van der Waals surface area contributed by atoms with Crippen molar-refractivity contribution in [1.29, 1.82) is 0 Å². The summed E-state index contributed by atoms with van der Waals surface area (Å²) in [5.74, 6) is -0.251. The molecule has 16 heavy (non-hydrogen) atoms. The van der Waals surface area contributed by atoms with Gasteiger partial charge in [0, 0.05) is 6.42 Å². The molecule has 1 atom stereocenters. The molecular formula is C12H16FNOS. The Bertz CT molecular complexity index is 356. The van der Waals surface area contributed by atoms with E-state index in [1.807, 2.05) is 20.8 Å². The van der Waals surface area contributed by atoms with E-state index >= 15 is 0 Å². The lowest BCUT2D eigenvalue weighted by atomic mass is 10.2. The lowest BCUT2D eigenvalue weighted by Gasteiger charge is -2.17. The Balaban J connectivity index is 2.52. The Labute approximate surface area is 98.9 Å². The van der Waals surface area contributed by atoms with Gasteiger partial charge in [0.15, 0.2) is 0 Å². The van der Waals surface area contributed by atoms with Crippen LogP contribution in [0.1, 0.15) is 26.3 Å². The van der Waals surface area contributed by atoms with Crippen LogP contribution in [0.5, 0.6) is 0 Å². The van der Waals surface area contributed by atoms with Crippen LogP contribution >= 0.6 is 0 Å². The van der Waals surface area contributed by atoms with Crippen molar-refractivity contribution >= 4 is 17.6 Å². The van der Waals surface area contributed by atoms with E-state index in [1.165, 1.54) is 12.1 Å². The molecule has 88 valence electrons. The summed E-state index contributed by atoms with van der Waals surface area (Å²) in [6.45, 7) is 5.62. The second kappa shape index (κ2) is 5.46. The van der Waals surface area contributed by atoms with Crippen molar-refractivity contribution in [2.24, 2.45) is 4.40 Å². The van der Waals surface area contributed by atoms with Gasteiger partial charge in [0.2, 0.25) is 0 Å². The van der Waals surface area contributed by atoms with Crippen LogP contribution in [0.4, 0.5) is 4.39 Å². The molecule has 0 aliphatic heterocycles. The summed E-state index contributed by atoms with van der Waals surface area (Å²) in [5, 5.41) is 0. The monoisotopic (exact) mass is 241 g/mol. The Hall–Kier alpha value is -0.870. The van der Waals surface area contributed by atoms with Crippen molar-refractivity contribution in [3.05, 3.63) is 35.6 Å². The van der Waals surface area contributed by atoms with E-state index in [-0.39, 0.29) is 10.6 Å². The van der Waals surface area contributed by atoms with Crippen molar-refractivity contribution in [3.63, 3.8) is 0 Å². The first-order valence-corrected chi connectivity index (χ1v) is 6.19. The number of halogens is 1. The molecule has 1 rings (SSSR count). The molecule has 0 bridgehead atoms. The largest absolute Gasteiger partial charge is 0.591 e. The quantitative estimate of drug-likeness (QED) is 0.592. The SMILES string of the molecule is CC(C)(C)[S@@+]([O-])N=CCc1ccc(F)cc1. The van der Waals surface area contributed by atoms with Gasteiger partial charge in [0.1, 0.15) is 21.9 Å². The smallest absolute Gasteiger partial charge is 0.144 e. The minimum atomic E-state index is -1.22. The zero-order chi connectivity index (χ0) is 12.2. The fourth-order valence-electron chi connectivity index (χ4n) is 0.989. The predicted octanol–water partition coefficient (Wildman–Crippen LogP) is 2.90. The third kappa shape index (κ3) is 4.33. The molecule has 0 fully saturated rings. The molecule has 0 radical (unpaired) electrons. The number of benzene rings is 1. The molecule has 0 saturated carbocycles. The highest BCUT2D eigenvalue weighted by Gasteiger charge is 2.25. The van der Waals surface area contributed by atoms with E-state index in [1.54, 1.807) is 18.3 Å². The van der Waals surface area contributed by atoms with Crippen LogP contribution in [0, 0.1) is 5.82 Å². The molecular weight excluding hydrogens is 225 g/mol. The van der Waals surface area contributed by atoms with Gasteiger partial charge in [-0.1, -0.05) is 16.5 Å². The molecule has 0 saturated heterocycles. The van der Waals surface area contributed by atoms with Gasteiger partial charge in [-0.25, -0.2) is 4.39 Å². The molecule has 0 aliphatic carbocycles. The Kier molecular flexibility index (Phi) is 4.50. The van der Waals surface area contributed by atoms with Crippen LogP contribution in [0.2, 0.25) is 0 Å². The first kappa shape index (κ1) is 13.2. The van der Waals surface area contributed by atoms with E-state index < -0.39 is 11.4 Å². The van der Waals surface area contributed by atoms with Gasteiger partial charge in [-0.15, -0.1) is 0 Å². The zero-order valence-electron chi connectivity index (χ0n) is 9.74. The summed E-state index contributed by atoms with van der Waals surface area (Å²) in [4.78, 5) is 0. The lowest BCUT2D eigenvalue weighted by molar-refractivity contribution is 0.561. The predicted molar refractivity (Wildman–Crippen MR) is 66.5 cm³/mol. The summed E-state index contributed by atoms with van der Waals surface area (Å²) >= 11 is -1.22. The van der Waals surface area contributed by atoms with Crippen LogP contribution in [0.3, 0.4) is 0 Å². The molecule has 0 amide bonds. The average molecular weight is 241 g/mol. The average Bonchev–Trinajstić information content (AvgIpc) is 2.19. The highest BCUT2D eigenvalue weighted by atomic mass is 32.2. The normalized spacial score (nSPS) is 14.3. The molecule has 0 aliphatic rings. The van der Waals surface area contributed by atoms with Crippen molar-refractivity contribution < 1.29 is 8.94 Å². The molecule has 4 heteroatoms. The Morgan fingerprint density at radius 3 is 2.38 bits per heavy atom. The van der Waals surface area contributed by atoms with Gasteiger partial charge in [-0.05, 0) is 38.5 Å². The number of nitrogens with zero attached hydrogens (tertiary/aromatic N) is 1. The molecule has 0 heterocycles. The van der Waals surface area contributed by atoms with Gasteiger partial charge in [0.25, 0.3) is 0 Å². The van der Waals surface area contributed by atoms with E-state index in [0.717, 1.165) is 5.56 Å². The van der Waals surface area contributed by atoms with Crippen molar-refractivity contribution in [2.45, 2.75) is 31.9 Å². The first-order valence-electron chi connectivity index (χ1n) is 5.08. The van der Waals surface area contributed by atoms with Gasteiger partial charge in [0.05, 0.1) is 6.21 Å². The standard InChI is InChI=1S/C12H16FNOS/c1-12(2,3)16(15)14-9-8-10-4-6-11(13)7-5-10/h4-7,9H,8H2,1-3H3/t16-/m1/s1. The van der Waals surface area contributed by atoms with Crippen LogP contribution in [0.25, 0.3) is 0 Å². The maximum atomic E-state index is 12.6. The maximum Gasteiger partial charge on any atom is 0.144 e. The molecule has 1 aromatic rings. The van der Waals surface area contributed by atoms with Crippen molar-refractivity contribution in [2.75, 3.05) is 0 Å². The minimum Gasteiger partial charge on any atom is -0.591 e.